The molecule has 2 aromatic carbocycles. The Kier molecular flexibility index (Phi) is 8.44. The first-order valence-electron chi connectivity index (χ1n) is 11.0. The van der Waals surface area contributed by atoms with Crippen LogP contribution in [-0.2, 0) is 22.6 Å². The van der Waals surface area contributed by atoms with Crippen molar-refractivity contribution in [1.29, 1.82) is 0 Å². The summed E-state index contributed by atoms with van der Waals surface area (Å²) in [6, 6.07) is 15.9. The first-order chi connectivity index (χ1) is 16.8. The highest BCUT2D eigenvalue weighted by Crippen LogP contribution is 2.17. The number of esters is 1. The van der Waals surface area contributed by atoms with Crippen LogP contribution in [0, 0.1) is 0 Å². The van der Waals surface area contributed by atoms with Gasteiger partial charge in [0.2, 0.25) is 5.78 Å². The zero-order valence-electron chi connectivity index (χ0n) is 19.6. The second-order valence-electron chi connectivity index (χ2n) is 7.52. The summed E-state index contributed by atoms with van der Waals surface area (Å²) in [7, 11) is 1.55. The molecule has 0 amide bonds. The monoisotopic (exact) mass is 481 g/mol. The topological polar surface area (TPSA) is 132 Å². The second kappa shape index (κ2) is 11.7. The van der Waals surface area contributed by atoms with Gasteiger partial charge in [0.05, 0.1) is 26.7 Å². The van der Waals surface area contributed by atoms with Crippen LogP contribution in [0.4, 0.5) is 5.82 Å². The molecular weight excluding hydrogens is 454 g/mol. The van der Waals surface area contributed by atoms with E-state index in [4.69, 9.17) is 19.9 Å². The van der Waals surface area contributed by atoms with Gasteiger partial charge in [-0.25, -0.2) is 4.79 Å². The first-order valence-corrected chi connectivity index (χ1v) is 11.0. The Balaban J connectivity index is 1.67. The van der Waals surface area contributed by atoms with Crippen molar-refractivity contribution < 1.29 is 23.8 Å². The molecule has 0 bridgehead atoms. The van der Waals surface area contributed by atoms with E-state index in [1.807, 2.05) is 6.07 Å². The van der Waals surface area contributed by atoms with E-state index >= 15 is 0 Å². The summed E-state index contributed by atoms with van der Waals surface area (Å²) in [5.41, 5.74) is 5.03. The minimum Gasteiger partial charge on any atom is -0.497 e. The molecule has 10 heteroatoms. The number of carbonyl (C=O) groups excluding carboxylic acids is 2. The molecule has 2 N–H and O–H groups in total. The van der Waals surface area contributed by atoms with Gasteiger partial charge in [-0.15, -0.1) is 0 Å². The van der Waals surface area contributed by atoms with Gasteiger partial charge in [-0.3, -0.25) is 23.5 Å². The van der Waals surface area contributed by atoms with Gasteiger partial charge in [0.15, 0.2) is 6.61 Å². The van der Waals surface area contributed by atoms with Gasteiger partial charge in [0.25, 0.3) is 5.56 Å². The molecule has 0 radical (unpaired) electrons. The smallest absolute Gasteiger partial charge is 0.332 e. The van der Waals surface area contributed by atoms with E-state index in [-0.39, 0.29) is 37.5 Å². The number of benzene rings is 2. The maximum atomic E-state index is 12.8. The molecule has 0 spiro atoms. The van der Waals surface area contributed by atoms with Crippen molar-refractivity contribution >= 4 is 17.6 Å². The largest absolute Gasteiger partial charge is 0.497 e. The molecule has 184 valence electrons. The van der Waals surface area contributed by atoms with E-state index in [1.54, 1.807) is 62.6 Å². The van der Waals surface area contributed by atoms with Gasteiger partial charge < -0.3 is 19.9 Å². The number of hydrogen-bond acceptors (Lipinski definition) is 8. The number of methoxy groups -OCH3 is 1. The number of hydrogen-bond donors (Lipinski definition) is 1. The lowest BCUT2D eigenvalue weighted by Gasteiger charge is -2.16. The molecule has 0 aliphatic carbocycles. The van der Waals surface area contributed by atoms with E-state index in [0.29, 0.717) is 11.5 Å². The highest BCUT2D eigenvalue weighted by atomic mass is 16.5. The van der Waals surface area contributed by atoms with Gasteiger partial charge in [-0.2, -0.15) is 0 Å². The molecule has 0 aliphatic rings. The molecule has 1 heterocycles. The molecule has 35 heavy (non-hydrogen) atoms. The Labute approximate surface area is 201 Å². The van der Waals surface area contributed by atoms with Crippen LogP contribution in [0.25, 0.3) is 0 Å². The fourth-order valence-electron chi connectivity index (χ4n) is 3.39. The summed E-state index contributed by atoms with van der Waals surface area (Å²) in [5, 5.41) is 0. The van der Waals surface area contributed by atoms with Crippen LogP contribution in [0.15, 0.2) is 64.2 Å². The predicted octanol–water partition coefficient (Wildman–Crippen LogP) is 1.86. The average Bonchev–Trinajstić information content (AvgIpc) is 2.86. The lowest BCUT2D eigenvalue weighted by molar-refractivity contribution is -0.143. The third kappa shape index (κ3) is 6.17. The SMILES string of the molecule is CCn1c(=O)c(C(=O)COC(=O)CCOc2ccc(OC)cc2)c(N)n(Cc2ccccc2)c1=O. The highest BCUT2D eigenvalue weighted by Gasteiger charge is 2.23. The Bertz CT molecular complexity index is 1300. The molecule has 0 fully saturated rings. The highest BCUT2D eigenvalue weighted by molar-refractivity contribution is 6.01. The first kappa shape index (κ1) is 25.3. The van der Waals surface area contributed by atoms with Crippen LogP contribution < -0.4 is 26.5 Å². The number of nitrogens with zero attached hydrogens (tertiary/aromatic N) is 2. The van der Waals surface area contributed by atoms with Crippen molar-refractivity contribution in [2.24, 2.45) is 0 Å². The van der Waals surface area contributed by atoms with Crippen LogP contribution in [0.2, 0.25) is 0 Å². The molecule has 3 aromatic rings. The molecule has 1 aromatic heterocycles. The third-order valence-corrected chi connectivity index (χ3v) is 5.24. The van der Waals surface area contributed by atoms with Gasteiger partial charge in [0.1, 0.15) is 22.9 Å². The van der Waals surface area contributed by atoms with E-state index in [0.717, 1.165) is 14.7 Å². The van der Waals surface area contributed by atoms with E-state index in [2.05, 4.69) is 0 Å². The zero-order valence-corrected chi connectivity index (χ0v) is 19.6. The number of Topliss-reactive ketones (excluding diaryl/α,β-unsaturated/α-hetero) is 1. The summed E-state index contributed by atoms with van der Waals surface area (Å²) in [6.07, 6.45) is -0.110. The van der Waals surface area contributed by atoms with Gasteiger partial charge in [-0.1, -0.05) is 30.3 Å². The van der Waals surface area contributed by atoms with Crippen LogP contribution in [-0.4, -0.2) is 41.2 Å². The van der Waals surface area contributed by atoms with Gasteiger partial charge >= 0.3 is 11.7 Å². The van der Waals surface area contributed by atoms with Crippen molar-refractivity contribution in [2.45, 2.75) is 26.4 Å². The molecular formula is C25H27N3O7. The molecule has 0 saturated carbocycles. The van der Waals surface area contributed by atoms with E-state index in [9.17, 15) is 19.2 Å². The summed E-state index contributed by atoms with van der Waals surface area (Å²) in [4.78, 5) is 50.5. The van der Waals surface area contributed by atoms with Crippen LogP contribution in [0.5, 0.6) is 11.5 Å². The third-order valence-electron chi connectivity index (χ3n) is 5.24. The number of ketones is 1. The van der Waals surface area contributed by atoms with Crippen LogP contribution in [0.3, 0.4) is 0 Å². The fourth-order valence-corrected chi connectivity index (χ4v) is 3.39. The number of aromatic nitrogens is 2. The Hall–Kier alpha value is -4.34. The number of nitrogen functional groups attached to an aromatic ring is 1. The number of nitrogens with two attached hydrogens (primary N) is 1. The fraction of sp³-hybridized carbons (Fsp3) is 0.280. The second-order valence-corrected chi connectivity index (χ2v) is 7.52. The number of anilines is 1. The maximum Gasteiger partial charge on any atom is 0.332 e. The van der Waals surface area contributed by atoms with Crippen molar-refractivity contribution in [1.82, 2.24) is 9.13 Å². The summed E-state index contributed by atoms with van der Waals surface area (Å²) >= 11 is 0. The standard InChI is InChI=1S/C25H27N3O7/c1-3-27-24(31)22(23(26)28(25(27)32)15-17-7-5-4-6-8-17)20(29)16-35-21(30)13-14-34-19-11-9-18(33-2)10-12-19/h4-12H,3,13-16,26H2,1-2H3. The Morgan fingerprint density at radius 2 is 1.60 bits per heavy atom. The number of rotatable bonds is 11. The summed E-state index contributed by atoms with van der Waals surface area (Å²) in [6.45, 7) is 1.09. The summed E-state index contributed by atoms with van der Waals surface area (Å²) in [5.74, 6) is -0.521. The molecule has 0 atom stereocenters. The summed E-state index contributed by atoms with van der Waals surface area (Å²) < 4.78 is 17.7. The lowest BCUT2D eigenvalue weighted by atomic mass is 10.2. The van der Waals surface area contributed by atoms with Gasteiger partial charge in [0, 0.05) is 6.54 Å². The van der Waals surface area contributed by atoms with Crippen molar-refractivity contribution in [3.05, 3.63) is 86.6 Å². The molecule has 3 rings (SSSR count). The van der Waals surface area contributed by atoms with Crippen molar-refractivity contribution in [2.75, 3.05) is 26.1 Å². The van der Waals surface area contributed by atoms with Crippen LogP contribution >= 0.6 is 0 Å². The maximum absolute atomic E-state index is 12.8. The Morgan fingerprint density at radius 3 is 2.23 bits per heavy atom. The predicted molar refractivity (Wildman–Crippen MR) is 129 cm³/mol. The quantitative estimate of drug-likeness (QED) is 0.324. The molecule has 10 nitrogen and oxygen atoms in total. The molecule has 0 saturated heterocycles. The normalized spacial score (nSPS) is 10.6. The minimum atomic E-state index is -0.816. The number of ether oxygens (including phenoxy) is 3. The van der Waals surface area contributed by atoms with E-state index < -0.39 is 29.6 Å². The van der Waals surface area contributed by atoms with Crippen LogP contribution in [0.1, 0.15) is 29.3 Å². The molecule has 0 unspecified atom stereocenters. The molecule has 0 aliphatic heterocycles. The van der Waals surface area contributed by atoms with Gasteiger partial charge in [-0.05, 0) is 36.8 Å². The van der Waals surface area contributed by atoms with Crippen molar-refractivity contribution in [3.8, 4) is 11.5 Å². The average molecular weight is 482 g/mol. The minimum absolute atomic E-state index is 0.0338. The van der Waals surface area contributed by atoms with Crippen molar-refractivity contribution in [3.63, 3.8) is 0 Å². The Morgan fingerprint density at radius 1 is 0.943 bits per heavy atom. The van der Waals surface area contributed by atoms with E-state index in [1.165, 1.54) is 0 Å². The number of carbonyl (C=O) groups is 2. The lowest BCUT2D eigenvalue weighted by Crippen LogP contribution is -2.44. The zero-order chi connectivity index (χ0) is 25.4.